The Hall–Kier alpha value is -0.940. The van der Waals surface area contributed by atoms with Crippen molar-refractivity contribution in [3.05, 3.63) is 62.3 Å². The molecule has 1 unspecified atom stereocenters. The van der Waals surface area contributed by atoms with Crippen molar-refractivity contribution in [1.29, 1.82) is 0 Å². The topological polar surface area (TPSA) is 19.4 Å². The maximum atomic E-state index is 6.28. The standard InChI is InChI=1S/C19H21BrClN3/c1-23-6-8-24(9-7-23)19-17-5-4-16(21)11-13(17)2-3-14-10-15(20)12-22-18(14)19/h4-5,10-12,19H,2-3,6-9H2,1H3. The van der Waals surface area contributed by atoms with Crippen molar-refractivity contribution in [2.45, 2.75) is 18.9 Å². The first-order valence-corrected chi connectivity index (χ1v) is 9.64. The van der Waals surface area contributed by atoms with Gasteiger partial charge in [-0.05, 0) is 70.7 Å². The van der Waals surface area contributed by atoms with Gasteiger partial charge in [0.2, 0.25) is 0 Å². The van der Waals surface area contributed by atoms with E-state index in [0.29, 0.717) is 0 Å². The monoisotopic (exact) mass is 405 g/mol. The number of aromatic nitrogens is 1. The van der Waals surface area contributed by atoms with Crippen LogP contribution in [0.4, 0.5) is 0 Å². The third-order valence-electron chi connectivity index (χ3n) is 5.19. The minimum Gasteiger partial charge on any atom is -0.304 e. The summed E-state index contributed by atoms with van der Waals surface area (Å²) in [5, 5.41) is 0.825. The van der Waals surface area contributed by atoms with Crippen LogP contribution in [0.25, 0.3) is 0 Å². The minimum absolute atomic E-state index is 0.233. The molecule has 0 spiro atoms. The van der Waals surface area contributed by atoms with Gasteiger partial charge in [-0.15, -0.1) is 0 Å². The van der Waals surface area contributed by atoms with Gasteiger partial charge in [-0.1, -0.05) is 17.7 Å². The van der Waals surface area contributed by atoms with Crippen molar-refractivity contribution in [2.75, 3.05) is 33.2 Å². The lowest BCUT2D eigenvalue weighted by atomic mass is 9.96. The molecule has 24 heavy (non-hydrogen) atoms. The molecular weight excluding hydrogens is 386 g/mol. The Kier molecular flexibility index (Phi) is 4.65. The van der Waals surface area contributed by atoms with Gasteiger partial charge < -0.3 is 4.90 Å². The largest absolute Gasteiger partial charge is 0.304 e. The lowest BCUT2D eigenvalue weighted by Gasteiger charge is -2.38. The molecule has 126 valence electrons. The van der Waals surface area contributed by atoms with Gasteiger partial charge in [0.25, 0.3) is 0 Å². The molecule has 1 fully saturated rings. The Morgan fingerprint density at radius 3 is 2.62 bits per heavy atom. The summed E-state index contributed by atoms with van der Waals surface area (Å²) in [6.07, 6.45) is 3.97. The number of rotatable bonds is 1. The van der Waals surface area contributed by atoms with Gasteiger partial charge in [0.1, 0.15) is 0 Å². The van der Waals surface area contributed by atoms with Crippen LogP contribution in [-0.4, -0.2) is 48.0 Å². The van der Waals surface area contributed by atoms with Gasteiger partial charge in [0.05, 0.1) is 11.7 Å². The highest BCUT2D eigenvalue weighted by molar-refractivity contribution is 9.10. The number of piperazine rings is 1. The molecule has 0 N–H and O–H groups in total. The smallest absolute Gasteiger partial charge is 0.0782 e. The number of halogens is 2. The molecule has 1 saturated heterocycles. The zero-order chi connectivity index (χ0) is 16.7. The Labute approximate surface area is 156 Å². The summed E-state index contributed by atoms with van der Waals surface area (Å²) in [6, 6.07) is 8.84. The minimum atomic E-state index is 0.233. The summed E-state index contributed by atoms with van der Waals surface area (Å²) >= 11 is 9.86. The van der Waals surface area contributed by atoms with Crippen LogP contribution < -0.4 is 0 Å². The summed E-state index contributed by atoms with van der Waals surface area (Å²) in [5.41, 5.74) is 5.29. The number of nitrogens with zero attached hydrogens (tertiary/aromatic N) is 3. The fourth-order valence-electron chi connectivity index (χ4n) is 3.86. The van der Waals surface area contributed by atoms with Gasteiger partial charge in [-0.25, -0.2) is 0 Å². The van der Waals surface area contributed by atoms with Crippen LogP contribution in [0.1, 0.15) is 28.4 Å². The van der Waals surface area contributed by atoms with E-state index in [2.05, 4.69) is 51.0 Å². The van der Waals surface area contributed by atoms with Gasteiger partial charge in [0.15, 0.2) is 0 Å². The van der Waals surface area contributed by atoms with Crippen LogP contribution in [0, 0.1) is 0 Å². The summed E-state index contributed by atoms with van der Waals surface area (Å²) in [7, 11) is 2.20. The quantitative estimate of drug-likeness (QED) is 0.715. The van der Waals surface area contributed by atoms with Gasteiger partial charge in [-0.2, -0.15) is 0 Å². The van der Waals surface area contributed by atoms with E-state index in [1.54, 1.807) is 0 Å². The fraction of sp³-hybridized carbons (Fsp3) is 0.421. The summed E-state index contributed by atoms with van der Waals surface area (Å²) in [5.74, 6) is 0. The van der Waals surface area contributed by atoms with E-state index in [9.17, 15) is 0 Å². The molecule has 0 bridgehead atoms. The molecule has 4 rings (SSSR count). The molecule has 5 heteroatoms. The predicted molar refractivity (Wildman–Crippen MR) is 102 cm³/mol. The van der Waals surface area contributed by atoms with E-state index >= 15 is 0 Å². The second kappa shape index (κ2) is 6.75. The Bertz CT molecular complexity index is 703. The van der Waals surface area contributed by atoms with E-state index in [0.717, 1.165) is 48.5 Å². The molecule has 1 aliphatic heterocycles. The van der Waals surface area contributed by atoms with Gasteiger partial charge >= 0.3 is 0 Å². The molecule has 1 aromatic carbocycles. The lowest BCUT2D eigenvalue weighted by Crippen LogP contribution is -2.46. The Balaban J connectivity index is 1.82. The zero-order valence-electron chi connectivity index (χ0n) is 13.8. The highest BCUT2D eigenvalue weighted by Crippen LogP contribution is 2.37. The molecule has 2 aliphatic rings. The molecule has 0 radical (unpaired) electrons. The van der Waals surface area contributed by atoms with E-state index in [1.165, 1.54) is 22.4 Å². The number of fused-ring (bicyclic) bond motifs is 2. The van der Waals surface area contributed by atoms with Crippen LogP contribution in [0.15, 0.2) is 34.9 Å². The average molecular weight is 407 g/mol. The number of aryl methyl sites for hydroxylation is 2. The number of hydrogen-bond acceptors (Lipinski definition) is 3. The third-order valence-corrected chi connectivity index (χ3v) is 5.86. The lowest BCUT2D eigenvalue weighted by molar-refractivity contribution is 0.125. The molecule has 3 nitrogen and oxygen atoms in total. The van der Waals surface area contributed by atoms with Crippen LogP contribution >= 0.6 is 27.5 Å². The highest BCUT2D eigenvalue weighted by Gasteiger charge is 2.31. The van der Waals surface area contributed by atoms with Gasteiger partial charge in [0, 0.05) is 41.9 Å². The van der Waals surface area contributed by atoms with E-state index in [-0.39, 0.29) is 6.04 Å². The van der Waals surface area contributed by atoms with Crippen LogP contribution in [-0.2, 0) is 12.8 Å². The summed E-state index contributed by atoms with van der Waals surface area (Å²) < 4.78 is 1.06. The van der Waals surface area contributed by atoms with E-state index < -0.39 is 0 Å². The first-order valence-electron chi connectivity index (χ1n) is 8.47. The van der Waals surface area contributed by atoms with Crippen molar-refractivity contribution >= 4 is 27.5 Å². The average Bonchev–Trinajstić information content (AvgIpc) is 2.72. The van der Waals surface area contributed by atoms with Crippen LogP contribution in [0.2, 0.25) is 5.02 Å². The second-order valence-electron chi connectivity index (χ2n) is 6.78. The molecule has 0 amide bonds. The molecular formula is C19H21BrClN3. The van der Waals surface area contributed by atoms with Crippen molar-refractivity contribution in [1.82, 2.24) is 14.8 Å². The number of hydrogen-bond donors (Lipinski definition) is 0. The SMILES string of the molecule is CN1CCN(C2c3ccc(Cl)cc3CCc3cc(Br)cnc32)CC1. The molecule has 2 heterocycles. The van der Waals surface area contributed by atoms with Crippen LogP contribution in [0.5, 0.6) is 0 Å². The van der Waals surface area contributed by atoms with Crippen LogP contribution in [0.3, 0.4) is 0 Å². The molecule has 1 aromatic heterocycles. The Morgan fingerprint density at radius 1 is 1.08 bits per heavy atom. The third kappa shape index (κ3) is 3.13. The zero-order valence-corrected chi connectivity index (χ0v) is 16.1. The molecule has 1 atom stereocenters. The first kappa shape index (κ1) is 16.5. The maximum Gasteiger partial charge on any atom is 0.0782 e. The van der Waals surface area contributed by atoms with Crippen molar-refractivity contribution < 1.29 is 0 Å². The van der Waals surface area contributed by atoms with E-state index in [4.69, 9.17) is 16.6 Å². The Morgan fingerprint density at radius 2 is 1.83 bits per heavy atom. The predicted octanol–water partition coefficient (Wildman–Crippen LogP) is 3.93. The number of benzene rings is 1. The summed E-state index contributed by atoms with van der Waals surface area (Å²) in [4.78, 5) is 9.82. The second-order valence-corrected chi connectivity index (χ2v) is 8.13. The van der Waals surface area contributed by atoms with Gasteiger partial charge in [-0.3, -0.25) is 9.88 Å². The summed E-state index contributed by atoms with van der Waals surface area (Å²) in [6.45, 7) is 4.34. The number of pyridine rings is 1. The maximum absolute atomic E-state index is 6.28. The molecule has 2 aromatic rings. The van der Waals surface area contributed by atoms with E-state index in [1.807, 2.05) is 12.3 Å². The fourth-order valence-corrected chi connectivity index (χ4v) is 4.44. The normalized spacial score (nSPS) is 21.9. The molecule has 1 aliphatic carbocycles. The van der Waals surface area contributed by atoms with Crippen molar-refractivity contribution in [3.63, 3.8) is 0 Å². The highest BCUT2D eigenvalue weighted by atomic mass is 79.9. The van der Waals surface area contributed by atoms with Crippen molar-refractivity contribution in [3.8, 4) is 0 Å². The molecule has 0 saturated carbocycles. The first-order chi connectivity index (χ1) is 11.6. The number of likely N-dealkylation sites (N-methyl/N-ethyl adjacent to an activating group) is 1. The van der Waals surface area contributed by atoms with Crippen molar-refractivity contribution in [2.24, 2.45) is 0 Å².